The summed E-state index contributed by atoms with van der Waals surface area (Å²) >= 11 is 0. The molecule has 0 aromatic heterocycles. The Bertz CT molecular complexity index is 299. The van der Waals surface area contributed by atoms with Crippen molar-refractivity contribution >= 4 is 0 Å². The molecule has 2 rings (SSSR count). The maximum atomic E-state index is 12.7. The smallest absolute Gasteiger partial charge is 0.164 e. The fourth-order valence-corrected chi connectivity index (χ4v) is 1.09. The Morgan fingerprint density at radius 3 is 3.08 bits per heavy atom. The zero-order valence-electron chi connectivity index (χ0n) is 6.42. The highest BCUT2D eigenvalue weighted by molar-refractivity contribution is 5.41. The summed E-state index contributed by atoms with van der Waals surface area (Å²) in [6, 6.07) is 4.19. The fourth-order valence-electron chi connectivity index (χ4n) is 1.09. The number of hydrogen-bond acceptors (Lipinski definition) is 2. The number of rotatable bonds is 0. The predicted molar refractivity (Wildman–Crippen MR) is 41.7 cm³/mol. The van der Waals surface area contributed by atoms with Gasteiger partial charge in [0.2, 0.25) is 0 Å². The van der Waals surface area contributed by atoms with Crippen molar-refractivity contribution in [3.63, 3.8) is 0 Å². The van der Waals surface area contributed by atoms with Crippen LogP contribution >= 0.6 is 0 Å². The maximum Gasteiger partial charge on any atom is 0.164 e. The topological polar surface area (TPSA) is 18.5 Å². The largest absolute Gasteiger partial charge is 0.486 e. The SMILES string of the molecule is [CH2][C@@H]1COc2ccc(F)cc2O1. The van der Waals surface area contributed by atoms with Crippen LogP contribution in [0.4, 0.5) is 4.39 Å². The van der Waals surface area contributed by atoms with E-state index in [0.29, 0.717) is 18.1 Å². The van der Waals surface area contributed by atoms with E-state index in [2.05, 4.69) is 6.92 Å². The minimum absolute atomic E-state index is 0.251. The van der Waals surface area contributed by atoms with Crippen molar-refractivity contribution in [2.75, 3.05) is 6.61 Å². The maximum absolute atomic E-state index is 12.7. The van der Waals surface area contributed by atoms with E-state index in [-0.39, 0.29) is 11.9 Å². The molecule has 0 saturated carbocycles. The van der Waals surface area contributed by atoms with E-state index in [0.717, 1.165) is 0 Å². The second kappa shape index (κ2) is 2.66. The monoisotopic (exact) mass is 167 g/mol. The normalized spacial score (nSPS) is 20.7. The summed E-state index contributed by atoms with van der Waals surface area (Å²) in [6.07, 6.45) is -0.251. The first kappa shape index (κ1) is 7.40. The van der Waals surface area contributed by atoms with Gasteiger partial charge in [0.25, 0.3) is 0 Å². The van der Waals surface area contributed by atoms with Crippen LogP contribution in [0, 0.1) is 12.7 Å². The third kappa shape index (κ3) is 1.22. The average molecular weight is 167 g/mol. The van der Waals surface area contributed by atoms with Gasteiger partial charge in [-0.05, 0) is 19.1 Å². The molecule has 1 aliphatic heterocycles. The van der Waals surface area contributed by atoms with Crippen LogP contribution < -0.4 is 9.47 Å². The van der Waals surface area contributed by atoms with E-state index in [4.69, 9.17) is 9.47 Å². The molecule has 1 radical (unpaired) electrons. The number of hydrogen-bond donors (Lipinski definition) is 0. The molecule has 1 heterocycles. The highest BCUT2D eigenvalue weighted by atomic mass is 19.1. The first-order valence-corrected chi connectivity index (χ1v) is 3.68. The van der Waals surface area contributed by atoms with Gasteiger partial charge in [0.1, 0.15) is 18.5 Å². The summed E-state index contributed by atoms with van der Waals surface area (Å²) in [6.45, 7) is 4.07. The van der Waals surface area contributed by atoms with Crippen molar-refractivity contribution in [3.05, 3.63) is 30.9 Å². The standard InChI is InChI=1S/C9H8FO2/c1-6-5-11-8-3-2-7(10)4-9(8)12-6/h2-4,6H,1,5H2/t6-/m1/s1. The lowest BCUT2D eigenvalue weighted by atomic mass is 10.2. The first-order chi connectivity index (χ1) is 5.75. The molecule has 1 aromatic carbocycles. The van der Waals surface area contributed by atoms with Gasteiger partial charge in [-0.15, -0.1) is 0 Å². The van der Waals surface area contributed by atoms with Crippen molar-refractivity contribution in [1.82, 2.24) is 0 Å². The van der Waals surface area contributed by atoms with Gasteiger partial charge in [0.15, 0.2) is 11.5 Å². The molecule has 0 bridgehead atoms. The molecular formula is C9H8FO2. The number of halogens is 1. The van der Waals surface area contributed by atoms with E-state index in [1.54, 1.807) is 6.07 Å². The number of fused-ring (bicyclic) bond motifs is 1. The Morgan fingerprint density at radius 1 is 1.42 bits per heavy atom. The fraction of sp³-hybridized carbons (Fsp3) is 0.222. The molecule has 0 aliphatic carbocycles. The lowest BCUT2D eigenvalue weighted by molar-refractivity contribution is 0.120. The number of benzene rings is 1. The molecule has 2 nitrogen and oxygen atoms in total. The van der Waals surface area contributed by atoms with Gasteiger partial charge in [-0.1, -0.05) is 0 Å². The highest BCUT2D eigenvalue weighted by Gasteiger charge is 2.17. The summed E-state index contributed by atoms with van der Waals surface area (Å²) < 4.78 is 23.1. The van der Waals surface area contributed by atoms with Crippen LogP contribution in [-0.2, 0) is 0 Å². The molecule has 63 valence electrons. The third-order valence-electron chi connectivity index (χ3n) is 1.62. The molecule has 1 atom stereocenters. The van der Waals surface area contributed by atoms with Gasteiger partial charge >= 0.3 is 0 Å². The van der Waals surface area contributed by atoms with Crippen molar-refractivity contribution in [2.45, 2.75) is 6.10 Å². The van der Waals surface area contributed by atoms with E-state index in [1.165, 1.54) is 12.1 Å². The average Bonchev–Trinajstić information content (AvgIpc) is 2.03. The highest BCUT2D eigenvalue weighted by Crippen LogP contribution is 2.31. The molecule has 1 aliphatic rings. The predicted octanol–water partition coefficient (Wildman–Crippen LogP) is 1.80. The first-order valence-electron chi connectivity index (χ1n) is 3.68. The zero-order chi connectivity index (χ0) is 8.55. The summed E-state index contributed by atoms with van der Waals surface area (Å²) in [4.78, 5) is 0. The Balaban J connectivity index is 2.37. The Hall–Kier alpha value is -1.25. The Morgan fingerprint density at radius 2 is 2.25 bits per heavy atom. The lowest BCUT2D eigenvalue weighted by Crippen LogP contribution is -2.25. The minimum Gasteiger partial charge on any atom is -0.486 e. The third-order valence-corrected chi connectivity index (χ3v) is 1.62. The molecule has 3 heteroatoms. The van der Waals surface area contributed by atoms with Crippen LogP contribution in [-0.4, -0.2) is 12.7 Å². The molecule has 12 heavy (non-hydrogen) atoms. The number of ether oxygens (including phenoxy) is 2. The lowest BCUT2D eigenvalue weighted by Gasteiger charge is -2.23. The second-order valence-electron chi connectivity index (χ2n) is 2.64. The van der Waals surface area contributed by atoms with Crippen LogP contribution in [0.25, 0.3) is 0 Å². The van der Waals surface area contributed by atoms with Gasteiger partial charge in [-0.2, -0.15) is 0 Å². The molecule has 0 fully saturated rings. The van der Waals surface area contributed by atoms with Crippen molar-refractivity contribution < 1.29 is 13.9 Å². The molecule has 1 aromatic rings. The van der Waals surface area contributed by atoms with Crippen molar-refractivity contribution in [1.29, 1.82) is 0 Å². The van der Waals surface area contributed by atoms with Gasteiger partial charge in [-0.25, -0.2) is 4.39 Å². The summed E-state index contributed by atoms with van der Waals surface area (Å²) in [5.41, 5.74) is 0. The molecule has 0 N–H and O–H groups in total. The van der Waals surface area contributed by atoms with Crippen LogP contribution in [0.1, 0.15) is 0 Å². The van der Waals surface area contributed by atoms with Gasteiger partial charge in [0, 0.05) is 6.07 Å². The van der Waals surface area contributed by atoms with Gasteiger partial charge < -0.3 is 9.47 Å². The quantitative estimate of drug-likeness (QED) is 0.586. The molecule has 0 unspecified atom stereocenters. The van der Waals surface area contributed by atoms with E-state index >= 15 is 0 Å². The zero-order valence-corrected chi connectivity index (χ0v) is 6.42. The molecule has 0 spiro atoms. The van der Waals surface area contributed by atoms with Crippen LogP contribution in [0.5, 0.6) is 11.5 Å². The minimum atomic E-state index is -0.327. The molecular weight excluding hydrogens is 159 g/mol. The van der Waals surface area contributed by atoms with Crippen LogP contribution in [0.15, 0.2) is 18.2 Å². The summed E-state index contributed by atoms with van der Waals surface area (Å²) in [5.74, 6) is 0.684. The van der Waals surface area contributed by atoms with Gasteiger partial charge in [0.05, 0.1) is 0 Å². The van der Waals surface area contributed by atoms with Crippen LogP contribution in [0.3, 0.4) is 0 Å². The van der Waals surface area contributed by atoms with Crippen molar-refractivity contribution in [3.8, 4) is 11.5 Å². The van der Waals surface area contributed by atoms with E-state index < -0.39 is 0 Å². The second-order valence-corrected chi connectivity index (χ2v) is 2.64. The van der Waals surface area contributed by atoms with Crippen molar-refractivity contribution in [2.24, 2.45) is 0 Å². The van der Waals surface area contributed by atoms with E-state index in [1.807, 2.05) is 0 Å². The molecule has 0 amide bonds. The van der Waals surface area contributed by atoms with Gasteiger partial charge in [-0.3, -0.25) is 0 Å². The Labute approximate surface area is 69.9 Å². The van der Waals surface area contributed by atoms with Crippen LogP contribution in [0.2, 0.25) is 0 Å². The molecule has 0 saturated heterocycles. The summed E-state index contributed by atoms with van der Waals surface area (Å²) in [5, 5.41) is 0. The van der Waals surface area contributed by atoms with E-state index in [9.17, 15) is 4.39 Å². The summed E-state index contributed by atoms with van der Waals surface area (Å²) in [7, 11) is 0. The Kier molecular flexibility index (Phi) is 1.64.